The number of hydrogen-bond acceptors (Lipinski definition) is 5. The van der Waals surface area contributed by atoms with Crippen LogP contribution in [-0.2, 0) is 17.6 Å². The first kappa shape index (κ1) is 24.5. The first-order valence-corrected chi connectivity index (χ1v) is 11.9. The number of likely N-dealkylation sites (tertiary alicyclic amines) is 1. The van der Waals surface area contributed by atoms with Gasteiger partial charge in [-0.15, -0.1) is 0 Å². The molecule has 0 radical (unpaired) electrons. The smallest absolute Gasteiger partial charge is 0.419 e. The molecule has 9 heteroatoms. The Morgan fingerprint density at radius 3 is 2.39 bits per heavy atom. The molecule has 2 aromatic carbocycles. The summed E-state index contributed by atoms with van der Waals surface area (Å²) in [6.45, 7) is 1.90. The number of fused-ring (bicyclic) bond motifs is 2. The van der Waals surface area contributed by atoms with E-state index < -0.39 is 23.1 Å². The number of carbonyl (C=O) groups is 1. The van der Waals surface area contributed by atoms with Crippen molar-refractivity contribution < 1.29 is 37.3 Å². The minimum absolute atomic E-state index is 0.104. The van der Waals surface area contributed by atoms with E-state index in [1.54, 1.807) is 25.3 Å². The number of piperidine rings is 1. The third kappa shape index (κ3) is 4.40. The zero-order valence-electron chi connectivity index (χ0n) is 20.2. The van der Waals surface area contributed by atoms with E-state index in [4.69, 9.17) is 14.2 Å². The number of rotatable bonds is 5. The van der Waals surface area contributed by atoms with Crippen molar-refractivity contribution in [2.24, 2.45) is 5.41 Å². The molecule has 2 fully saturated rings. The van der Waals surface area contributed by atoms with E-state index in [0.29, 0.717) is 73.5 Å². The van der Waals surface area contributed by atoms with Gasteiger partial charge >= 0.3 is 12.1 Å². The second kappa shape index (κ2) is 9.03. The third-order valence-electron chi connectivity index (χ3n) is 7.49. The molecule has 1 N–H and O–H groups in total. The number of halogens is 3. The Balaban J connectivity index is 1.60. The molecule has 2 aliphatic heterocycles. The van der Waals surface area contributed by atoms with Gasteiger partial charge in [0.2, 0.25) is 0 Å². The summed E-state index contributed by atoms with van der Waals surface area (Å²) in [5, 5.41) is 9.56. The summed E-state index contributed by atoms with van der Waals surface area (Å²) in [4.78, 5) is 13.8. The Kier molecular flexibility index (Phi) is 6.14. The predicted octanol–water partition coefficient (Wildman–Crippen LogP) is 5.38. The Morgan fingerprint density at radius 2 is 1.81 bits per heavy atom. The first-order valence-electron chi connectivity index (χ1n) is 11.9. The SMILES string of the molecule is COc1ccc2c(c1)C(=C1CCN(CC3(C(=O)O)CC3)CC1)c1cc(C(F)(F)F)c(OC)cc1CO2. The highest BCUT2D eigenvalue weighted by atomic mass is 19.4. The molecular formula is C27H28F3NO5. The van der Waals surface area contributed by atoms with Crippen molar-refractivity contribution in [1.29, 1.82) is 0 Å². The van der Waals surface area contributed by atoms with Crippen LogP contribution in [0, 0.1) is 5.41 Å². The van der Waals surface area contributed by atoms with Gasteiger partial charge in [-0.2, -0.15) is 13.2 Å². The topological polar surface area (TPSA) is 68.2 Å². The third-order valence-corrected chi connectivity index (χ3v) is 7.49. The van der Waals surface area contributed by atoms with E-state index in [1.807, 2.05) is 0 Å². The molecule has 0 unspecified atom stereocenters. The molecule has 0 atom stereocenters. The quantitative estimate of drug-likeness (QED) is 0.591. The van der Waals surface area contributed by atoms with Gasteiger partial charge in [0.05, 0.1) is 25.2 Å². The van der Waals surface area contributed by atoms with E-state index in [2.05, 4.69) is 4.90 Å². The Labute approximate surface area is 207 Å². The van der Waals surface area contributed by atoms with E-state index in [1.165, 1.54) is 19.2 Å². The van der Waals surface area contributed by atoms with Crippen molar-refractivity contribution >= 4 is 11.5 Å². The molecule has 1 aliphatic carbocycles. The largest absolute Gasteiger partial charge is 0.497 e. The lowest BCUT2D eigenvalue weighted by atomic mass is 9.85. The molecule has 2 aromatic rings. The molecule has 2 heterocycles. The van der Waals surface area contributed by atoms with Crippen molar-refractivity contribution in [1.82, 2.24) is 4.90 Å². The number of ether oxygens (including phenoxy) is 3. The molecule has 0 amide bonds. The van der Waals surface area contributed by atoms with Gasteiger partial charge in [-0.3, -0.25) is 4.79 Å². The number of carboxylic acids is 1. The molecule has 1 saturated carbocycles. The summed E-state index contributed by atoms with van der Waals surface area (Å²) in [5.74, 6) is 0.164. The van der Waals surface area contributed by atoms with Crippen molar-refractivity contribution in [3.63, 3.8) is 0 Å². The molecule has 3 aliphatic rings. The van der Waals surface area contributed by atoms with E-state index in [-0.39, 0.29) is 12.4 Å². The molecule has 192 valence electrons. The minimum Gasteiger partial charge on any atom is -0.497 e. The fourth-order valence-corrected chi connectivity index (χ4v) is 5.25. The summed E-state index contributed by atoms with van der Waals surface area (Å²) in [5.41, 5.74) is 2.05. The molecular weight excluding hydrogens is 475 g/mol. The van der Waals surface area contributed by atoms with Gasteiger partial charge < -0.3 is 24.2 Å². The lowest BCUT2D eigenvalue weighted by Crippen LogP contribution is -2.38. The summed E-state index contributed by atoms with van der Waals surface area (Å²) < 4.78 is 58.5. The van der Waals surface area contributed by atoms with Gasteiger partial charge in [0.25, 0.3) is 0 Å². The Hall–Kier alpha value is -3.20. The molecule has 0 spiro atoms. The van der Waals surface area contributed by atoms with Crippen molar-refractivity contribution in [2.75, 3.05) is 33.9 Å². The Bertz CT molecular complexity index is 1220. The van der Waals surface area contributed by atoms with Gasteiger partial charge in [0, 0.05) is 30.8 Å². The monoisotopic (exact) mass is 503 g/mol. The molecule has 0 bridgehead atoms. The van der Waals surface area contributed by atoms with Crippen LogP contribution in [0.15, 0.2) is 35.9 Å². The average Bonchev–Trinajstić information content (AvgIpc) is 3.66. The number of aliphatic carboxylic acids is 1. The van der Waals surface area contributed by atoms with Crippen LogP contribution in [0.3, 0.4) is 0 Å². The number of benzene rings is 2. The van der Waals surface area contributed by atoms with Crippen LogP contribution in [0.5, 0.6) is 17.2 Å². The van der Waals surface area contributed by atoms with E-state index in [9.17, 15) is 23.1 Å². The van der Waals surface area contributed by atoms with Crippen molar-refractivity contribution in [3.8, 4) is 17.2 Å². The van der Waals surface area contributed by atoms with Gasteiger partial charge in [0.15, 0.2) is 0 Å². The van der Waals surface area contributed by atoms with E-state index >= 15 is 0 Å². The molecule has 5 rings (SSSR count). The maximum atomic E-state index is 14.0. The molecule has 36 heavy (non-hydrogen) atoms. The van der Waals surface area contributed by atoms with Crippen LogP contribution >= 0.6 is 0 Å². The van der Waals surface area contributed by atoms with Gasteiger partial charge in [-0.1, -0.05) is 5.57 Å². The second-order valence-corrected chi connectivity index (χ2v) is 9.70. The lowest BCUT2D eigenvalue weighted by Gasteiger charge is -2.32. The highest BCUT2D eigenvalue weighted by molar-refractivity contribution is 5.88. The standard InChI is InChI=1S/C27H28F3NO5/c1-34-18-3-4-22-20(12-18)24(16-5-9-31(10-6-16)15-26(7-8-26)25(32)33)19-13-21(27(28,29)30)23(35-2)11-17(19)14-36-22/h3-4,11-13H,5-10,14-15H2,1-2H3,(H,32,33). The normalized spacial score (nSPS) is 19.0. The fourth-order valence-electron chi connectivity index (χ4n) is 5.25. The Morgan fingerprint density at radius 1 is 1.08 bits per heavy atom. The summed E-state index contributed by atoms with van der Waals surface area (Å²) in [6.07, 6.45) is -1.97. The summed E-state index contributed by atoms with van der Waals surface area (Å²) in [7, 11) is 2.77. The zero-order valence-corrected chi connectivity index (χ0v) is 20.2. The second-order valence-electron chi connectivity index (χ2n) is 9.70. The number of nitrogens with zero attached hydrogens (tertiary/aromatic N) is 1. The van der Waals surface area contributed by atoms with Crippen LogP contribution in [0.25, 0.3) is 5.57 Å². The van der Waals surface area contributed by atoms with Crippen LogP contribution in [0.1, 0.15) is 47.9 Å². The zero-order chi connectivity index (χ0) is 25.7. The van der Waals surface area contributed by atoms with Gasteiger partial charge in [-0.05, 0) is 67.2 Å². The maximum absolute atomic E-state index is 14.0. The van der Waals surface area contributed by atoms with E-state index in [0.717, 1.165) is 11.1 Å². The van der Waals surface area contributed by atoms with Crippen LogP contribution in [0.2, 0.25) is 0 Å². The first-order chi connectivity index (χ1) is 17.1. The van der Waals surface area contributed by atoms with Crippen LogP contribution in [-0.4, -0.2) is 49.8 Å². The lowest BCUT2D eigenvalue weighted by molar-refractivity contribution is -0.144. The highest BCUT2D eigenvalue weighted by Crippen LogP contribution is 2.49. The van der Waals surface area contributed by atoms with Crippen LogP contribution < -0.4 is 14.2 Å². The maximum Gasteiger partial charge on any atom is 0.419 e. The number of alkyl halides is 3. The van der Waals surface area contributed by atoms with Crippen molar-refractivity contribution in [2.45, 2.75) is 38.5 Å². The predicted molar refractivity (Wildman–Crippen MR) is 126 cm³/mol. The average molecular weight is 504 g/mol. The minimum atomic E-state index is -4.58. The number of carboxylic acid groups (broad SMARTS) is 1. The highest BCUT2D eigenvalue weighted by Gasteiger charge is 2.51. The number of hydrogen-bond donors (Lipinski definition) is 1. The molecule has 0 aromatic heterocycles. The molecule has 1 saturated heterocycles. The summed E-state index contributed by atoms with van der Waals surface area (Å²) >= 11 is 0. The van der Waals surface area contributed by atoms with Gasteiger partial charge in [-0.25, -0.2) is 0 Å². The van der Waals surface area contributed by atoms with Crippen molar-refractivity contribution in [3.05, 3.63) is 58.2 Å². The fraction of sp³-hybridized carbons (Fsp3) is 0.444. The van der Waals surface area contributed by atoms with Gasteiger partial charge in [0.1, 0.15) is 23.9 Å². The summed E-state index contributed by atoms with van der Waals surface area (Å²) in [6, 6.07) is 7.94. The molecule has 6 nitrogen and oxygen atoms in total. The van der Waals surface area contributed by atoms with Crippen LogP contribution in [0.4, 0.5) is 13.2 Å². The number of methoxy groups -OCH3 is 2.